The SMILES string of the molecule is COCc1cc(NO)n[nH]1. The molecule has 0 aliphatic rings. The van der Waals surface area contributed by atoms with Crippen LogP contribution in [0.25, 0.3) is 0 Å². The van der Waals surface area contributed by atoms with Crippen molar-refractivity contribution in [3.63, 3.8) is 0 Å². The van der Waals surface area contributed by atoms with Crippen LogP contribution in [-0.2, 0) is 11.3 Å². The third kappa shape index (κ3) is 1.46. The molecule has 0 aromatic carbocycles. The van der Waals surface area contributed by atoms with Crippen LogP contribution in [0.5, 0.6) is 0 Å². The fourth-order valence-electron chi connectivity index (χ4n) is 0.648. The van der Waals surface area contributed by atoms with E-state index in [0.717, 1.165) is 5.69 Å². The highest BCUT2D eigenvalue weighted by molar-refractivity contribution is 5.31. The van der Waals surface area contributed by atoms with Crippen molar-refractivity contribution in [2.45, 2.75) is 6.61 Å². The molecule has 1 aromatic rings. The number of nitrogens with one attached hydrogen (secondary N) is 2. The topological polar surface area (TPSA) is 70.2 Å². The van der Waals surface area contributed by atoms with Gasteiger partial charge >= 0.3 is 0 Å². The Bertz CT molecular complexity index is 199. The number of aromatic amines is 1. The summed E-state index contributed by atoms with van der Waals surface area (Å²) in [6.07, 6.45) is 0. The highest BCUT2D eigenvalue weighted by Gasteiger charge is 1.96. The number of hydrogen-bond donors (Lipinski definition) is 3. The molecule has 10 heavy (non-hydrogen) atoms. The summed E-state index contributed by atoms with van der Waals surface area (Å²) < 4.78 is 4.81. The molecule has 0 radical (unpaired) electrons. The van der Waals surface area contributed by atoms with Crippen LogP contribution in [0.2, 0.25) is 0 Å². The van der Waals surface area contributed by atoms with Gasteiger partial charge in [-0.15, -0.1) is 0 Å². The number of hydrogen-bond acceptors (Lipinski definition) is 4. The maximum absolute atomic E-state index is 8.35. The van der Waals surface area contributed by atoms with Crippen molar-refractivity contribution in [2.75, 3.05) is 12.6 Å². The predicted molar refractivity (Wildman–Crippen MR) is 34.7 cm³/mol. The van der Waals surface area contributed by atoms with Gasteiger partial charge in [-0.1, -0.05) is 0 Å². The number of rotatable bonds is 3. The number of ether oxygens (including phenoxy) is 1. The van der Waals surface area contributed by atoms with E-state index in [2.05, 4.69) is 10.2 Å². The van der Waals surface area contributed by atoms with E-state index in [4.69, 9.17) is 9.94 Å². The molecular weight excluding hydrogens is 134 g/mol. The Morgan fingerprint density at radius 1 is 1.90 bits per heavy atom. The van der Waals surface area contributed by atoms with E-state index in [1.165, 1.54) is 0 Å². The minimum atomic E-state index is 0.395. The number of H-pyrrole nitrogens is 1. The number of anilines is 1. The Kier molecular flexibility index (Phi) is 2.24. The predicted octanol–water partition coefficient (Wildman–Crippen LogP) is 0.357. The normalized spacial score (nSPS) is 9.80. The summed E-state index contributed by atoms with van der Waals surface area (Å²) >= 11 is 0. The van der Waals surface area contributed by atoms with Gasteiger partial charge in [-0.25, -0.2) is 0 Å². The molecule has 1 aromatic heterocycles. The van der Waals surface area contributed by atoms with Gasteiger partial charge in [0.15, 0.2) is 5.82 Å². The molecule has 0 saturated carbocycles. The zero-order valence-electron chi connectivity index (χ0n) is 5.59. The van der Waals surface area contributed by atoms with Crippen molar-refractivity contribution in [2.24, 2.45) is 0 Å². The van der Waals surface area contributed by atoms with Crippen LogP contribution in [0.3, 0.4) is 0 Å². The first-order valence-corrected chi connectivity index (χ1v) is 2.80. The fraction of sp³-hybridized carbons (Fsp3) is 0.400. The summed E-state index contributed by atoms with van der Waals surface area (Å²) in [5.74, 6) is 0.395. The first-order valence-electron chi connectivity index (χ1n) is 2.80. The van der Waals surface area contributed by atoms with E-state index >= 15 is 0 Å². The lowest BCUT2D eigenvalue weighted by atomic mass is 10.4. The molecule has 0 bridgehead atoms. The van der Waals surface area contributed by atoms with Crippen molar-refractivity contribution in [3.8, 4) is 0 Å². The molecule has 0 amide bonds. The van der Waals surface area contributed by atoms with Crippen molar-refractivity contribution >= 4 is 5.82 Å². The van der Waals surface area contributed by atoms with E-state index in [9.17, 15) is 0 Å². The summed E-state index contributed by atoms with van der Waals surface area (Å²) in [4.78, 5) is 0. The summed E-state index contributed by atoms with van der Waals surface area (Å²) in [6.45, 7) is 0.467. The van der Waals surface area contributed by atoms with Gasteiger partial charge in [-0.2, -0.15) is 5.10 Å². The molecule has 0 aliphatic carbocycles. The molecule has 0 spiro atoms. The summed E-state index contributed by atoms with van der Waals surface area (Å²) in [5, 5.41) is 14.7. The molecule has 0 fully saturated rings. The van der Waals surface area contributed by atoms with Gasteiger partial charge in [0.05, 0.1) is 12.3 Å². The second-order valence-corrected chi connectivity index (χ2v) is 1.82. The Balaban J connectivity index is 2.59. The molecule has 0 saturated heterocycles. The molecule has 56 valence electrons. The first-order chi connectivity index (χ1) is 4.86. The van der Waals surface area contributed by atoms with Gasteiger partial charge in [-0.3, -0.25) is 15.8 Å². The van der Waals surface area contributed by atoms with E-state index in [1.807, 2.05) is 5.48 Å². The molecule has 0 unspecified atom stereocenters. The highest BCUT2D eigenvalue weighted by Crippen LogP contribution is 2.03. The van der Waals surface area contributed by atoms with Gasteiger partial charge in [0.1, 0.15) is 0 Å². The van der Waals surface area contributed by atoms with Crippen LogP contribution >= 0.6 is 0 Å². The lowest BCUT2D eigenvalue weighted by molar-refractivity contribution is 0.181. The van der Waals surface area contributed by atoms with E-state index in [0.29, 0.717) is 12.4 Å². The lowest BCUT2D eigenvalue weighted by Crippen LogP contribution is -1.87. The standard InChI is InChI=1S/C5H9N3O2/c1-10-3-4-2-5(8-9)7-6-4/h2,9H,3H2,1H3,(H2,6,7,8). The molecule has 1 heterocycles. The van der Waals surface area contributed by atoms with Gasteiger partial charge in [0, 0.05) is 13.2 Å². The average molecular weight is 143 g/mol. The first kappa shape index (κ1) is 7.04. The molecule has 1 rings (SSSR count). The molecular formula is C5H9N3O2. The van der Waals surface area contributed by atoms with Crippen molar-refractivity contribution < 1.29 is 9.94 Å². The molecule has 5 nitrogen and oxygen atoms in total. The number of nitrogens with zero attached hydrogens (tertiary/aromatic N) is 1. The van der Waals surface area contributed by atoms with Crippen LogP contribution < -0.4 is 5.48 Å². The smallest absolute Gasteiger partial charge is 0.171 e. The monoisotopic (exact) mass is 143 g/mol. The Morgan fingerprint density at radius 3 is 3.20 bits per heavy atom. The zero-order valence-corrected chi connectivity index (χ0v) is 5.59. The maximum Gasteiger partial charge on any atom is 0.171 e. The molecule has 5 heteroatoms. The Hall–Kier alpha value is -1.07. The van der Waals surface area contributed by atoms with Gasteiger partial charge in [0.2, 0.25) is 0 Å². The van der Waals surface area contributed by atoms with Crippen LogP contribution in [0, 0.1) is 0 Å². The van der Waals surface area contributed by atoms with Crippen molar-refractivity contribution in [1.29, 1.82) is 0 Å². The quantitative estimate of drug-likeness (QED) is 0.534. The summed E-state index contributed by atoms with van der Waals surface area (Å²) in [7, 11) is 1.59. The maximum atomic E-state index is 8.35. The van der Waals surface area contributed by atoms with E-state index < -0.39 is 0 Å². The second kappa shape index (κ2) is 3.19. The van der Waals surface area contributed by atoms with E-state index in [-0.39, 0.29) is 0 Å². The van der Waals surface area contributed by atoms with Crippen molar-refractivity contribution in [1.82, 2.24) is 10.2 Å². The molecule has 0 atom stereocenters. The lowest BCUT2D eigenvalue weighted by Gasteiger charge is -1.89. The van der Waals surface area contributed by atoms with Crippen LogP contribution in [0.1, 0.15) is 5.69 Å². The van der Waals surface area contributed by atoms with Gasteiger partial charge in [0.25, 0.3) is 0 Å². The third-order valence-corrected chi connectivity index (χ3v) is 1.05. The summed E-state index contributed by atoms with van der Waals surface area (Å²) in [5.41, 5.74) is 2.73. The van der Waals surface area contributed by atoms with Gasteiger partial charge in [-0.05, 0) is 0 Å². The highest BCUT2D eigenvalue weighted by atomic mass is 16.5. The van der Waals surface area contributed by atoms with E-state index in [1.54, 1.807) is 13.2 Å². The second-order valence-electron chi connectivity index (χ2n) is 1.82. The molecule has 3 N–H and O–H groups in total. The third-order valence-electron chi connectivity index (χ3n) is 1.05. The average Bonchev–Trinajstić information content (AvgIpc) is 2.37. The van der Waals surface area contributed by atoms with Gasteiger partial charge < -0.3 is 4.74 Å². The number of aromatic nitrogens is 2. The largest absolute Gasteiger partial charge is 0.378 e. The summed E-state index contributed by atoms with van der Waals surface area (Å²) in [6, 6.07) is 1.66. The van der Waals surface area contributed by atoms with Crippen LogP contribution in [-0.4, -0.2) is 22.5 Å². The molecule has 0 aliphatic heterocycles. The Morgan fingerprint density at radius 2 is 2.70 bits per heavy atom. The number of methoxy groups -OCH3 is 1. The van der Waals surface area contributed by atoms with Crippen molar-refractivity contribution in [3.05, 3.63) is 11.8 Å². The van der Waals surface area contributed by atoms with Crippen LogP contribution in [0.15, 0.2) is 6.07 Å². The minimum Gasteiger partial charge on any atom is -0.378 e. The fourth-order valence-corrected chi connectivity index (χ4v) is 0.648. The zero-order chi connectivity index (χ0) is 7.40. The van der Waals surface area contributed by atoms with Crippen LogP contribution in [0.4, 0.5) is 5.82 Å². The Labute approximate surface area is 58.0 Å². The minimum absolute atomic E-state index is 0.395.